The topological polar surface area (TPSA) is 58.6 Å². The number of anilines is 1. The van der Waals surface area contributed by atoms with Gasteiger partial charge in [0.1, 0.15) is 0 Å². The summed E-state index contributed by atoms with van der Waals surface area (Å²) < 4.78 is 4.70. The molecule has 0 saturated carbocycles. The number of likely N-dealkylation sites (N-methyl/N-ethyl adjacent to an activating group) is 1. The Morgan fingerprint density at radius 1 is 1.12 bits per heavy atom. The van der Waals surface area contributed by atoms with Gasteiger partial charge >= 0.3 is 5.97 Å². The minimum Gasteiger partial charge on any atom is -0.465 e. The molecule has 0 fully saturated rings. The van der Waals surface area contributed by atoms with E-state index >= 15 is 0 Å². The zero-order chi connectivity index (χ0) is 19.3. The SMILES string of the molecule is COC(=O)c1ccc(CN(C)[C@@H](C)C(=O)Nc2cc(C)ccc2C)cc1. The molecule has 0 aromatic heterocycles. The fourth-order valence-corrected chi connectivity index (χ4v) is 2.60. The van der Waals surface area contributed by atoms with Crippen LogP contribution in [0, 0.1) is 13.8 Å². The molecule has 0 aliphatic carbocycles. The summed E-state index contributed by atoms with van der Waals surface area (Å²) in [4.78, 5) is 26.0. The van der Waals surface area contributed by atoms with E-state index in [1.165, 1.54) is 7.11 Å². The molecule has 0 bridgehead atoms. The Morgan fingerprint density at radius 3 is 2.38 bits per heavy atom. The van der Waals surface area contributed by atoms with Gasteiger partial charge in [0.05, 0.1) is 18.7 Å². The molecule has 0 radical (unpaired) electrons. The zero-order valence-electron chi connectivity index (χ0n) is 16.0. The summed E-state index contributed by atoms with van der Waals surface area (Å²) >= 11 is 0. The highest BCUT2D eigenvalue weighted by atomic mass is 16.5. The molecule has 0 saturated heterocycles. The number of amides is 1. The highest BCUT2D eigenvalue weighted by Gasteiger charge is 2.19. The number of carbonyl (C=O) groups is 2. The van der Waals surface area contributed by atoms with Crippen LogP contribution in [0.2, 0.25) is 0 Å². The Bertz CT molecular complexity index is 784. The number of esters is 1. The van der Waals surface area contributed by atoms with Crippen LogP contribution in [0.3, 0.4) is 0 Å². The normalized spacial score (nSPS) is 11.9. The standard InChI is InChI=1S/C21H26N2O3/c1-14-6-7-15(2)19(12-14)22-20(24)16(3)23(4)13-17-8-10-18(11-9-17)21(25)26-5/h6-12,16H,13H2,1-5H3,(H,22,24)/t16-/m0/s1. The number of methoxy groups -OCH3 is 1. The molecule has 0 spiro atoms. The van der Waals surface area contributed by atoms with Crippen molar-refractivity contribution in [3.8, 4) is 0 Å². The number of carbonyl (C=O) groups excluding carboxylic acids is 2. The molecule has 1 atom stereocenters. The third-order valence-electron chi connectivity index (χ3n) is 4.50. The molecule has 1 amide bonds. The van der Waals surface area contributed by atoms with Gasteiger partial charge in [-0.2, -0.15) is 0 Å². The van der Waals surface area contributed by atoms with Crippen LogP contribution < -0.4 is 5.32 Å². The molecule has 138 valence electrons. The number of hydrogen-bond donors (Lipinski definition) is 1. The Labute approximate surface area is 155 Å². The summed E-state index contributed by atoms with van der Waals surface area (Å²) in [6.45, 7) is 6.46. The van der Waals surface area contributed by atoms with Crippen LogP contribution in [0.4, 0.5) is 5.69 Å². The summed E-state index contributed by atoms with van der Waals surface area (Å²) in [7, 11) is 3.27. The van der Waals surface area contributed by atoms with Gasteiger partial charge in [0.15, 0.2) is 0 Å². The van der Waals surface area contributed by atoms with E-state index in [4.69, 9.17) is 4.74 Å². The van der Waals surface area contributed by atoms with Crippen molar-refractivity contribution in [2.24, 2.45) is 0 Å². The van der Waals surface area contributed by atoms with Crippen molar-refractivity contribution >= 4 is 17.6 Å². The van der Waals surface area contributed by atoms with Crippen LogP contribution in [0.25, 0.3) is 0 Å². The Balaban J connectivity index is 1.99. The largest absolute Gasteiger partial charge is 0.465 e. The van der Waals surface area contributed by atoms with Gasteiger partial charge in [0.2, 0.25) is 5.91 Å². The molecular weight excluding hydrogens is 328 g/mol. The minimum atomic E-state index is -0.355. The second kappa shape index (κ2) is 8.63. The van der Waals surface area contributed by atoms with E-state index in [2.05, 4.69) is 5.32 Å². The van der Waals surface area contributed by atoms with Crippen molar-refractivity contribution in [2.45, 2.75) is 33.4 Å². The van der Waals surface area contributed by atoms with E-state index in [1.807, 2.05) is 63.1 Å². The monoisotopic (exact) mass is 354 g/mol. The Kier molecular flexibility index (Phi) is 6.52. The van der Waals surface area contributed by atoms with Crippen LogP contribution in [0.5, 0.6) is 0 Å². The average molecular weight is 354 g/mol. The van der Waals surface area contributed by atoms with Crippen molar-refractivity contribution in [3.63, 3.8) is 0 Å². The van der Waals surface area contributed by atoms with E-state index in [0.29, 0.717) is 12.1 Å². The molecule has 0 unspecified atom stereocenters. The maximum atomic E-state index is 12.6. The molecule has 0 aliphatic rings. The maximum absolute atomic E-state index is 12.6. The van der Waals surface area contributed by atoms with Crippen LogP contribution in [-0.2, 0) is 16.1 Å². The van der Waals surface area contributed by atoms with Gasteiger partial charge in [-0.25, -0.2) is 4.79 Å². The van der Waals surface area contributed by atoms with Gasteiger partial charge in [-0.1, -0.05) is 24.3 Å². The van der Waals surface area contributed by atoms with Crippen LogP contribution >= 0.6 is 0 Å². The molecule has 0 aliphatic heterocycles. The fourth-order valence-electron chi connectivity index (χ4n) is 2.60. The van der Waals surface area contributed by atoms with E-state index < -0.39 is 0 Å². The number of benzene rings is 2. The lowest BCUT2D eigenvalue weighted by Crippen LogP contribution is -2.39. The van der Waals surface area contributed by atoms with Gasteiger partial charge in [-0.05, 0) is 62.7 Å². The highest BCUT2D eigenvalue weighted by molar-refractivity contribution is 5.95. The zero-order valence-corrected chi connectivity index (χ0v) is 16.0. The molecule has 0 heterocycles. The molecule has 5 heteroatoms. The highest BCUT2D eigenvalue weighted by Crippen LogP contribution is 2.17. The first-order valence-corrected chi connectivity index (χ1v) is 8.57. The molecule has 2 rings (SSSR count). The molecular formula is C21H26N2O3. The Hall–Kier alpha value is -2.66. The first kappa shape index (κ1) is 19.7. The van der Waals surface area contributed by atoms with Gasteiger partial charge in [0.25, 0.3) is 0 Å². The summed E-state index contributed by atoms with van der Waals surface area (Å²) in [5.74, 6) is -0.404. The number of aryl methyl sites for hydroxylation is 2. The lowest BCUT2D eigenvalue weighted by molar-refractivity contribution is -0.120. The van der Waals surface area contributed by atoms with Crippen molar-refractivity contribution in [1.29, 1.82) is 0 Å². The van der Waals surface area contributed by atoms with Crippen LogP contribution in [0.15, 0.2) is 42.5 Å². The van der Waals surface area contributed by atoms with Crippen molar-refractivity contribution < 1.29 is 14.3 Å². The van der Waals surface area contributed by atoms with E-state index in [-0.39, 0.29) is 17.9 Å². The van der Waals surface area contributed by atoms with E-state index in [9.17, 15) is 9.59 Å². The summed E-state index contributed by atoms with van der Waals surface area (Å²) in [6, 6.07) is 12.9. The van der Waals surface area contributed by atoms with Gasteiger partial charge in [-0.3, -0.25) is 9.69 Å². The third kappa shape index (κ3) is 4.92. The molecule has 2 aromatic carbocycles. The fraction of sp³-hybridized carbons (Fsp3) is 0.333. The third-order valence-corrected chi connectivity index (χ3v) is 4.50. The second-order valence-corrected chi connectivity index (χ2v) is 6.59. The lowest BCUT2D eigenvalue weighted by Gasteiger charge is -2.24. The molecule has 2 aromatic rings. The van der Waals surface area contributed by atoms with Gasteiger partial charge in [0, 0.05) is 12.2 Å². The number of hydrogen-bond acceptors (Lipinski definition) is 4. The van der Waals surface area contributed by atoms with Crippen molar-refractivity contribution in [2.75, 3.05) is 19.5 Å². The summed E-state index contributed by atoms with van der Waals surface area (Å²) in [5.41, 5.74) is 4.53. The predicted molar refractivity (Wildman–Crippen MR) is 103 cm³/mol. The summed E-state index contributed by atoms with van der Waals surface area (Å²) in [6.07, 6.45) is 0. The first-order valence-electron chi connectivity index (χ1n) is 8.57. The van der Waals surface area contributed by atoms with Crippen LogP contribution in [-0.4, -0.2) is 37.0 Å². The van der Waals surface area contributed by atoms with E-state index in [1.54, 1.807) is 12.1 Å². The number of nitrogens with one attached hydrogen (secondary N) is 1. The lowest BCUT2D eigenvalue weighted by atomic mass is 10.1. The number of nitrogens with zero attached hydrogens (tertiary/aromatic N) is 1. The van der Waals surface area contributed by atoms with Crippen LogP contribution in [0.1, 0.15) is 34.0 Å². The van der Waals surface area contributed by atoms with Crippen molar-refractivity contribution in [3.05, 3.63) is 64.7 Å². The van der Waals surface area contributed by atoms with Gasteiger partial charge in [-0.15, -0.1) is 0 Å². The summed E-state index contributed by atoms with van der Waals surface area (Å²) in [5, 5.41) is 3.01. The smallest absolute Gasteiger partial charge is 0.337 e. The number of rotatable bonds is 6. The molecule has 26 heavy (non-hydrogen) atoms. The first-order chi connectivity index (χ1) is 12.3. The van der Waals surface area contributed by atoms with E-state index in [0.717, 1.165) is 22.4 Å². The van der Waals surface area contributed by atoms with Crippen molar-refractivity contribution in [1.82, 2.24) is 4.90 Å². The predicted octanol–water partition coefficient (Wildman–Crippen LogP) is 3.55. The second-order valence-electron chi connectivity index (χ2n) is 6.59. The average Bonchev–Trinajstić information content (AvgIpc) is 2.63. The maximum Gasteiger partial charge on any atom is 0.337 e. The number of ether oxygens (including phenoxy) is 1. The van der Waals surface area contributed by atoms with Gasteiger partial charge < -0.3 is 10.1 Å². The minimum absolute atomic E-state index is 0.0487. The molecule has 5 nitrogen and oxygen atoms in total. The molecule has 1 N–H and O–H groups in total. The quantitative estimate of drug-likeness (QED) is 0.806. The Morgan fingerprint density at radius 2 is 1.77 bits per heavy atom.